The Morgan fingerprint density at radius 1 is 1.06 bits per heavy atom. The molecule has 0 unspecified atom stereocenters. The Morgan fingerprint density at radius 2 is 1.78 bits per heavy atom. The van der Waals surface area contributed by atoms with Crippen molar-refractivity contribution < 1.29 is 4.79 Å². The summed E-state index contributed by atoms with van der Waals surface area (Å²) in [7, 11) is 4.06. The maximum Gasteiger partial charge on any atom is 0.163 e. The van der Waals surface area contributed by atoms with Gasteiger partial charge in [0, 0.05) is 12.0 Å². The van der Waals surface area contributed by atoms with E-state index in [1.165, 1.54) is 0 Å². The van der Waals surface area contributed by atoms with Gasteiger partial charge in [-0.25, -0.2) is 0 Å². The van der Waals surface area contributed by atoms with Crippen LogP contribution in [0.4, 0.5) is 0 Å². The van der Waals surface area contributed by atoms with Gasteiger partial charge in [-0.3, -0.25) is 4.79 Å². The molecule has 0 bridgehead atoms. The maximum absolute atomic E-state index is 12.2. The molecule has 0 fully saturated rings. The van der Waals surface area contributed by atoms with Gasteiger partial charge in [0.15, 0.2) is 5.78 Å². The van der Waals surface area contributed by atoms with Gasteiger partial charge in [0.05, 0.1) is 0 Å². The van der Waals surface area contributed by atoms with Crippen LogP contribution in [0.2, 0.25) is 0 Å². The SMILES string of the molecule is CN(C)CCCC(=O)c1cccc2ccccc12. The lowest BCUT2D eigenvalue weighted by Gasteiger charge is -2.09. The topological polar surface area (TPSA) is 20.3 Å². The molecule has 2 aromatic carbocycles. The number of hydrogen-bond donors (Lipinski definition) is 0. The molecular weight excluding hydrogens is 222 g/mol. The summed E-state index contributed by atoms with van der Waals surface area (Å²) in [5.74, 6) is 0.244. The average molecular weight is 241 g/mol. The van der Waals surface area contributed by atoms with E-state index in [9.17, 15) is 4.79 Å². The van der Waals surface area contributed by atoms with Crippen LogP contribution in [0.5, 0.6) is 0 Å². The van der Waals surface area contributed by atoms with E-state index in [-0.39, 0.29) is 5.78 Å². The Bertz CT molecular complexity index is 540. The van der Waals surface area contributed by atoms with Crippen LogP contribution in [-0.4, -0.2) is 31.3 Å². The highest BCUT2D eigenvalue weighted by Crippen LogP contribution is 2.20. The zero-order valence-corrected chi connectivity index (χ0v) is 11.0. The highest BCUT2D eigenvalue weighted by atomic mass is 16.1. The first-order valence-electron chi connectivity index (χ1n) is 6.34. The van der Waals surface area contributed by atoms with Crippen molar-refractivity contribution >= 4 is 16.6 Å². The highest BCUT2D eigenvalue weighted by Gasteiger charge is 2.09. The monoisotopic (exact) mass is 241 g/mol. The van der Waals surface area contributed by atoms with Crippen molar-refractivity contribution in [2.24, 2.45) is 0 Å². The van der Waals surface area contributed by atoms with Crippen molar-refractivity contribution in [1.82, 2.24) is 4.90 Å². The van der Waals surface area contributed by atoms with Gasteiger partial charge in [0.2, 0.25) is 0 Å². The van der Waals surface area contributed by atoms with E-state index in [0.29, 0.717) is 6.42 Å². The molecule has 0 aliphatic rings. The molecule has 0 aromatic heterocycles. The maximum atomic E-state index is 12.2. The van der Waals surface area contributed by atoms with E-state index in [1.807, 2.05) is 56.6 Å². The first kappa shape index (κ1) is 12.8. The zero-order valence-electron chi connectivity index (χ0n) is 11.0. The summed E-state index contributed by atoms with van der Waals surface area (Å²) in [5, 5.41) is 2.20. The number of nitrogens with zero attached hydrogens (tertiary/aromatic N) is 1. The molecule has 18 heavy (non-hydrogen) atoms. The van der Waals surface area contributed by atoms with Crippen LogP contribution < -0.4 is 0 Å². The van der Waals surface area contributed by atoms with Crippen LogP contribution in [0.25, 0.3) is 10.8 Å². The minimum absolute atomic E-state index is 0.244. The first-order chi connectivity index (χ1) is 8.68. The van der Waals surface area contributed by atoms with E-state index in [4.69, 9.17) is 0 Å². The smallest absolute Gasteiger partial charge is 0.163 e. The fraction of sp³-hybridized carbons (Fsp3) is 0.312. The Labute approximate surface area is 108 Å². The summed E-state index contributed by atoms with van der Waals surface area (Å²) in [5.41, 5.74) is 0.854. The second-order valence-electron chi connectivity index (χ2n) is 4.86. The lowest BCUT2D eigenvalue weighted by Crippen LogP contribution is -2.14. The second-order valence-corrected chi connectivity index (χ2v) is 4.86. The quantitative estimate of drug-likeness (QED) is 0.748. The number of rotatable bonds is 5. The molecule has 2 nitrogen and oxygen atoms in total. The van der Waals surface area contributed by atoms with Crippen molar-refractivity contribution in [2.45, 2.75) is 12.8 Å². The predicted molar refractivity (Wildman–Crippen MR) is 76.1 cm³/mol. The van der Waals surface area contributed by atoms with Crippen molar-refractivity contribution in [2.75, 3.05) is 20.6 Å². The number of hydrogen-bond acceptors (Lipinski definition) is 2. The molecule has 0 amide bonds. The van der Waals surface area contributed by atoms with E-state index in [1.54, 1.807) is 0 Å². The molecule has 0 spiro atoms. The summed E-state index contributed by atoms with van der Waals surface area (Å²) >= 11 is 0. The molecule has 0 aliphatic carbocycles. The molecular formula is C16H19NO. The number of Topliss-reactive ketones (excluding diaryl/α,β-unsaturated/α-hetero) is 1. The molecule has 0 aliphatic heterocycles. The third kappa shape index (κ3) is 2.96. The summed E-state index contributed by atoms with van der Waals surface area (Å²) in [6.07, 6.45) is 1.53. The second kappa shape index (κ2) is 5.78. The summed E-state index contributed by atoms with van der Waals surface area (Å²) < 4.78 is 0. The highest BCUT2D eigenvalue weighted by molar-refractivity contribution is 6.08. The van der Waals surface area contributed by atoms with Gasteiger partial charge in [-0.1, -0.05) is 42.5 Å². The number of fused-ring (bicyclic) bond motifs is 1. The molecule has 0 atom stereocenters. The third-order valence-corrected chi connectivity index (χ3v) is 3.10. The fourth-order valence-corrected chi connectivity index (χ4v) is 2.16. The van der Waals surface area contributed by atoms with Crippen LogP contribution >= 0.6 is 0 Å². The van der Waals surface area contributed by atoms with E-state index >= 15 is 0 Å². The summed E-state index contributed by atoms with van der Waals surface area (Å²) in [6, 6.07) is 14.0. The molecule has 2 aromatic rings. The van der Waals surface area contributed by atoms with Crippen LogP contribution in [0, 0.1) is 0 Å². The minimum atomic E-state index is 0.244. The number of ketones is 1. The molecule has 0 N–H and O–H groups in total. The minimum Gasteiger partial charge on any atom is -0.309 e. The van der Waals surface area contributed by atoms with E-state index in [0.717, 1.165) is 29.3 Å². The standard InChI is InChI=1S/C16H19NO/c1-17(2)12-6-11-16(18)15-10-5-8-13-7-3-4-9-14(13)15/h3-5,7-10H,6,11-12H2,1-2H3. The predicted octanol–water partition coefficient (Wildman–Crippen LogP) is 3.36. The van der Waals surface area contributed by atoms with Crippen molar-refractivity contribution in [3.8, 4) is 0 Å². The van der Waals surface area contributed by atoms with Gasteiger partial charge in [-0.05, 0) is 37.8 Å². The molecule has 2 heteroatoms. The van der Waals surface area contributed by atoms with Gasteiger partial charge in [-0.15, -0.1) is 0 Å². The van der Waals surface area contributed by atoms with Crippen molar-refractivity contribution in [1.29, 1.82) is 0 Å². The Kier molecular flexibility index (Phi) is 4.11. The average Bonchev–Trinajstić information content (AvgIpc) is 2.37. The van der Waals surface area contributed by atoms with Crippen molar-refractivity contribution in [3.05, 3.63) is 48.0 Å². The first-order valence-corrected chi connectivity index (χ1v) is 6.34. The van der Waals surface area contributed by atoms with Crippen LogP contribution in [0.3, 0.4) is 0 Å². The third-order valence-electron chi connectivity index (χ3n) is 3.10. The molecule has 2 rings (SSSR count). The number of benzene rings is 2. The van der Waals surface area contributed by atoms with Gasteiger partial charge in [0.1, 0.15) is 0 Å². The van der Waals surface area contributed by atoms with Crippen LogP contribution in [-0.2, 0) is 0 Å². The Balaban J connectivity index is 2.17. The van der Waals surface area contributed by atoms with E-state index < -0.39 is 0 Å². The van der Waals surface area contributed by atoms with Gasteiger partial charge < -0.3 is 4.90 Å². The van der Waals surface area contributed by atoms with Crippen LogP contribution in [0.15, 0.2) is 42.5 Å². The largest absolute Gasteiger partial charge is 0.309 e. The molecule has 0 saturated carbocycles. The summed E-state index contributed by atoms with van der Waals surface area (Å²) in [4.78, 5) is 14.3. The Morgan fingerprint density at radius 3 is 2.56 bits per heavy atom. The lowest BCUT2D eigenvalue weighted by molar-refractivity contribution is 0.0979. The molecule has 0 saturated heterocycles. The van der Waals surface area contributed by atoms with Crippen molar-refractivity contribution in [3.63, 3.8) is 0 Å². The molecule has 94 valence electrons. The molecule has 0 radical (unpaired) electrons. The van der Waals surface area contributed by atoms with Gasteiger partial charge >= 0.3 is 0 Å². The Hall–Kier alpha value is -1.67. The number of carbonyl (C=O) groups is 1. The fourth-order valence-electron chi connectivity index (χ4n) is 2.16. The zero-order chi connectivity index (χ0) is 13.0. The van der Waals surface area contributed by atoms with Crippen LogP contribution in [0.1, 0.15) is 23.2 Å². The number of carbonyl (C=O) groups excluding carboxylic acids is 1. The molecule has 0 heterocycles. The van der Waals surface area contributed by atoms with Gasteiger partial charge in [0.25, 0.3) is 0 Å². The normalized spacial score (nSPS) is 11.1. The lowest BCUT2D eigenvalue weighted by atomic mass is 9.99. The summed E-state index contributed by atoms with van der Waals surface area (Å²) in [6.45, 7) is 0.955. The van der Waals surface area contributed by atoms with Gasteiger partial charge in [-0.2, -0.15) is 0 Å². The van der Waals surface area contributed by atoms with E-state index in [2.05, 4.69) is 4.90 Å².